The van der Waals surface area contributed by atoms with E-state index < -0.39 is 0 Å². The zero-order chi connectivity index (χ0) is 16.8. The number of piperidine rings is 1. The number of hydrogen-bond acceptors (Lipinski definition) is 4. The van der Waals surface area contributed by atoms with E-state index in [2.05, 4.69) is 21.3 Å². The van der Waals surface area contributed by atoms with Crippen LogP contribution in [0.1, 0.15) is 35.2 Å². The van der Waals surface area contributed by atoms with E-state index in [-0.39, 0.29) is 11.9 Å². The molecule has 5 heteroatoms. The van der Waals surface area contributed by atoms with Crippen LogP contribution in [-0.2, 0) is 0 Å². The zero-order valence-corrected chi connectivity index (χ0v) is 13.5. The molecule has 1 aliphatic heterocycles. The fourth-order valence-electron chi connectivity index (χ4n) is 3.11. The first-order valence-electron chi connectivity index (χ1n) is 8.24. The Balaban J connectivity index is 1.71. The summed E-state index contributed by atoms with van der Waals surface area (Å²) < 4.78 is 0. The molecule has 1 fully saturated rings. The molecule has 1 aromatic carbocycles. The molecule has 2 heterocycles. The lowest BCUT2D eigenvalue weighted by Gasteiger charge is -2.37. The van der Waals surface area contributed by atoms with Crippen molar-refractivity contribution in [1.29, 1.82) is 5.26 Å². The Hall–Kier alpha value is -2.87. The van der Waals surface area contributed by atoms with Crippen LogP contribution in [0.25, 0.3) is 0 Å². The largest absolute Gasteiger partial charge is 0.351 e. The molecule has 1 saturated heterocycles. The predicted octanol–water partition coefficient (Wildman–Crippen LogP) is 2.74. The van der Waals surface area contributed by atoms with Crippen molar-refractivity contribution < 1.29 is 4.79 Å². The second-order valence-electron chi connectivity index (χ2n) is 5.91. The van der Waals surface area contributed by atoms with E-state index in [9.17, 15) is 10.1 Å². The van der Waals surface area contributed by atoms with E-state index >= 15 is 0 Å². The number of aromatic nitrogens is 1. The smallest absolute Gasteiger partial charge is 0.251 e. The summed E-state index contributed by atoms with van der Waals surface area (Å²) in [4.78, 5) is 18.8. The van der Waals surface area contributed by atoms with Crippen molar-refractivity contribution in [1.82, 2.24) is 10.3 Å². The lowest BCUT2D eigenvalue weighted by Crippen LogP contribution is -2.47. The SMILES string of the molecule is N#Cc1cccnc1N1CCCCC1CNC(=O)c1ccccc1. The summed E-state index contributed by atoms with van der Waals surface area (Å²) in [7, 11) is 0. The van der Waals surface area contributed by atoms with Crippen LogP contribution in [0.3, 0.4) is 0 Å². The molecule has 1 amide bonds. The molecule has 1 aliphatic rings. The number of pyridine rings is 1. The molecule has 5 nitrogen and oxygen atoms in total. The molecule has 24 heavy (non-hydrogen) atoms. The predicted molar refractivity (Wildman–Crippen MR) is 92.7 cm³/mol. The Morgan fingerprint density at radius 2 is 2.08 bits per heavy atom. The maximum atomic E-state index is 12.3. The van der Waals surface area contributed by atoms with Gasteiger partial charge in [-0.3, -0.25) is 4.79 Å². The van der Waals surface area contributed by atoms with Gasteiger partial charge in [0.25, 0.3) is 5.91 Å². The van der Waals surface area contributed by atoms with E-state index in [1.54, 1.807) is 30.5 Å². The van der Waals surface area contributed by atoms with Crippen molar-refractivity contribution in [3.63, 3.8) is 0 Å². The lowest BCUT2D eigenvalue weighted by atomic mass is 10.0. The topological polar surface area (TPSA) is 69.0 Å². The summed E-state index contributed by atoms with van der Waals surface area (Å²) in [5, 5.41) is 12.3. The summed E-state index contributed by atoms with van der Waals surface area (Å²) in [5.41, 5.74) is 1.24. The summed E-state index contributed by atoms with van der Waals surface area (Å²) >= 11 is 0. The van der Waals surface area contributed by atoms with Gasteiger partial charge in [0.2, 0.25) is 0 Å². The molecule has 0 saturated carbocycles. The second-order valence-corrected chi connectivity index (χ2v) is 5.91. The first-order valence-corrected chi connectivity index (χ1v) is 8.24. The van der Waals surface area contributed by atoms with E-state index in [1.807, 2.05) is 18.2 Å². The molecule has 1 unspecified atom stereocenters. The van der Waals surface area contributed by atoms with Crippen molar-refractivity contribution >= 4 is 11.7 Å². The quantitative estimate of drug-likeness (QED) is 0.940. The van der Waals surface area contributed by atoms with Crippen molar-refractivity contribution in [3.05, 3.63) is 59.8 Å². The Morgan fingerprint density at radius 3 is 2.88 bits per heavy atom. The van der Waals surface area contributed by atoms with E-state index in [4.69, 9.17) is 0 Å². The molecule has 122 valence electrons. The van der Waals surface area contributed by atoms with Crippen molar-refractivity contribution in [2.24, 2.45) is 0 Å². The van der Waals surface area contributed by atoms with Gasteiger partial charge < -0.3 is 10.2 Å². The highest BCUT2D eigenvalue weighted by molar-refractivity contribution is 5.94. The Kier molecular flexibility index (Phi) is 5.07. The van der Waals surface area contributed by atoms with E-state index in [0.29, 0.717) is 17.7 Å². The Morgan fingerprint density at radius 1 is 1.25 bits per heavy atom. The number of rotatable bonds is 4. The molecule has 1 N–H and O–H groups in total. The highest BCUT2D eigenvalue weighted by atomic mass is 16.1. The summed E-state index contributed by atoms with van der Waals surface area (Å²) in [6, 6.07) is 15.2. The van der Waals surface area contributed by atoms with Gasteiger partial charge in [-0.25, -0.2) is 4.98 Å². The van der Waals surface area contributed by atoms with Gasteiger partial charge in [0, 0.05) is 30.9 Å². The maximum absolute atomic E-state index is 12.3. The van der Waals surface area contributed by atoms with Crippen LogP contribution in [-0.4, -0.2) is 30.0 Å². The van der Waals surface area contributed by atoms with Crippen molar-refractivity contribution in [2.75, 3.05) is 18.0 Å². The van der Waals surface area contributed by atoms with Crippen LogP contribution in [0, 0.1) is 11.3 Å². The van der Waals surface area contributed by atoms with E-state index in [1.165, 1.54) is 0 Å². The van der Waals surface area contributed by atoms with Gasteiger partial charge in [-0.05, 0) is 43.5 Å². The number of anilines is 1. The number of amides is 1. The van der Waals surface area contributed by atoms with Crippen molar-refractivity contribution in [2.45, 2.75) is 25.3 Å². The third-order valence-corrected chi connectivity index (χ3v) is 4.34. The van der Waals surface area contributed by atoms with Gasteiger partial charge in [-0.1, -0.05) is 18.2 Å². The Labute approximate surface area is 141 Å². The third-order valence-electron chi connectivity index (χ3n) is 4.34. The average Bonchev–Trinajstić information content (AvgIpc) is 2.67. The van der Waals surface area contributed by atoms with Crippen LogP contribution in [0.15, 0.2) is 48.7 Å². The number of carbonyl (C=O) groups is 1. The average molecular weight is 320 g/mol. The number of carbonyl (C=O) groups excluding carboxylic acids is 1. The number of benzene rings is 1. The molecule has 0 bridgehead atoms. The summed E-state index contributed by atoms with van der Waals surface area (Å²) in [5.74, 6) is 0.654. The van der Waals surface area contributed by atoms with Gasteiger partial charge in [0.15, 0.2) is 0 Å². The normalized spacial score (nSPS) is 17.1. The molecular weight excluding hydrogens is 300 g/mol. The standard InChI is InChI=1S/C19H20N4O/c20-13-16-9-6-11-21-18(16)23-12-5-4-10-17(23)14-22-19(24)15-7-2-1-3-8-15/h1-3,6-9,11,17H,4-5,10,12,14H2,(H,22,24). The molecule has 3 rings (SSSR count). The van der Waals surface area contributed by atoms with E-state index in [0.717, 1.165) is 31.6 Å². The van der Waals surface area contributed by atoms with Crippen molar-refractivity contribution in [3.8, 4) is 6.07 Å². The molecule has 2 aromatic rings. The van der Waals surface area contributed by atoms with Crippen LogP contribution < -0.4 is 10.2 Å². The minimum atomic E-state index is -0.0670. The summed E-state index contributed by atoms with van der Waals surface area (Å²) in [6.45, 7) is 1.41. The van der Waals surface area contributed by atoms with Gasteiger partial charge in [0.1, 0.15) is 11.9 Å². The monoisotopic (exact) mass is 320 g/mol. The maximum Gasteiger partial charge on any atom is 0.251 e. The molecule has 0 spiro atoms. The molecule has 1 atom stereocenters. The number of nitriles is 1. The highest BCUT2D eigenvalue weighted by Gasteiger charge is 2.25. The van der Waals surface area contributed by atoms with Gasteiger partial charge in [-0.15, -0.1) is 0 Å². The van der Waals surface area contributed by atoms with Crippen LogP contribution in [0.4, 0.5) is 5.82 Å². The first-order chi connectivity index (χ1) is 11.8. The molecule has 1 aromatic heterocycles. The number of nitrogens with zero attached hydrogens (tertiary/aromatic N) is 3. The molecule has 0 radical (unpaired) electrons. The fraction of sp³-hybridized carbons (Fsp3) is 0.316. The Bertz CT molecular complexity index is 739. The minimum Gasteiger partial charge on any atom is -0.351 e. The third kappa shape index (κ3) is 3.54. The zero-order valence-electron chi connectivity index (χ0n) is 13.5. The number of nitrogens with one attached hydrogen (secondary N) is 1. The van der Waals surface area contributed by atoms with Gasteiger partial charge in [0.05, 0.1) is 5.56 Å². The van der Waals surface area contributed by atoms with Crippen LogP contribution in [0.2, 0.25) is 0 Å². The fourth-order valence-corrected chi connectivity index (χ4v) is 3.11. The highest BCUT2D eigenvalue weighted by Crippen LogP contribution is 2.25. The second kappa shape index (κ2) is 7.60. The van der Waals surface area contributed by atoms with Gasteiger partial charge in [-0.2, -0.15) is 5.26 Å². The number of hydrogen-bond donors (Lipinski definition) is 1. The minimum absolute atomic E-state index is 0.0670. The summed E-state index contributed by atoms with van der Waals surface area (Å²) in [6.07, 6.45) is 4.89. The van der Waals surface area contributed by atoms with Crippen LogP contribution in [0.5, 0.6) is 0 Å². The first kappa shape index (κ1) is 16.0. The molecule has 0 aliphatic carbocycles. The molecular formula is C19H20N4O. The lowest BCUT2D eigenvalue weighted by molar-refractivity contribution is 0.0949. The van der Waals surface area contributed by atoms with Crippen LogP contribution >= 0.6 is 0 Å². The van der Waals surface area contributed by atoms with Gasteiger partial charge >= 0.3 is 0 Å².